The van der Waals surface area contributed by atoms with Crippen LogP contribution in [0.2, 0.25) is 0 Å². The van der Waals surface area contributed by atoms with Gasteiger partial charge in [0.15, 0.2) is 11.5 Å². The molecule has 1 N–H and O–H groups in total. The standard InChI is InChI=1S/C24H25F2N3O3/c1-31-19-4-2-3-17(11-19)15-29-9-7-16(8-10-29)14-27-24(30)22-13-23(32-28-22)20-6-5-18(25)12-21(20)26/h2-6,11-13,16H,7-10,14-15H2,1H3,(H,27,30). The molecule has 1 aromatic heterocycles. The van der Waals surface area contributed by atoms with Gasteiger partial charge in [-0.15, -0.1) is 0 Å². The predicted molar refractivity (Wildman–Crippen MR) is 115 cm³/mol. The van der Waals surface area contributed by atoms with Crippen molar-refractivity contribution < 1.29 is 22.8 Å². The molecule has 0 radical (unpaired) electrons. The van der Waals surface area contributed by atoms with E-state index in [0.717, 1.165) is 50.4 Å². The molecule has 1 saturated heterocycles. The van der Waals surface area contributed by atoms with Gasteiger partial charge < -0.3 is 14.6 Å². The van der Waals surface area contributed by atoms with Crippen molar-refractivity contribution in [3.63, 3.8) is 0 Å². The minimum atomic E-state index is -0.770. The first-order chi connectivity index (χ1) is 15.5. The lowest BCUT2D eigenvalue weighted by Gasteiger charge is -2.32. The van der Waals surface area contributed by atoms with Crippen LogP contribution < -0.4 is 10.1 Å². The van der Waals surface area contributed by atoms with Gasteiger partial charge in [-0.2, -0.15) is 0 Å². The van der Waals surface area contributed by atoms with Gasteiger partial charge in [-0.05, 0) is 61.7 Å². The van der Waals surface area contributed by atoms with Crippen molar-refractivity contribution in [2.24, 2.45) is 5.92 Å². The summed E-state index contributed by atoms with van der Waals surface area (Å²) in [5.41, 5.74) is 1.34. The quantitative estimate of drug-likeness (QED) is 0.593. The van der Waals surface area contributed by atoms with Crippen LogP contribution in [0.25, 0.3) is 11.3 Å². The Bertz CT molecular complexity index is 1080. The molecule has 0 bridgehead atoms. The van der Waals surface area contributed by atoms with Gasteiger partial charge >= 0.3 is 0 Å². The number of ether oxygens (including phenoxy) is 1. The average Bonchev–Trinajstić information content (AvgIpc) is 3.28. The van der Waals surface area contributed by atoms with Crippen LogP contribution in [0.4, 0.5) is 8.78 Å². The summed E-state index contributed by atoms with van der Waals surface area (Å²) >= 11 is 0. The second-order valence-electron chi connectivity index (χ2n) is 7.98. The second-order valence-corrected chi connectivity index (χ2v) is 7.98. The molecule has 168 valence electrons. The van der Waals surface area contributed by atoms with Crippen LogP contribution in [-0.4, -0.2) is 42.7 Å². The number of halogens is 2. The van der Waals surface area contributed by atoms with E-state index in [1.54, 1.807) is 7.11 Å². The molecule has 32 heavy (non-hydrogen) atoms. The monoisotopic (exact) mass is 441 g/mol. The summed E-state index contributed by atoms with van der Waals surface area (Å²) < 4.78 is 37.4. The van der Waals surface area contributed by atoms with E-state index in [4.69, 9.17) is 9.26 Å². The lowest BCUT2D eigenvalue weighted by Crippen LogP contribution is -2.38. The molecule has 0 spiro atoms. The summed E-state index contributed by atoms with van der Waals surface area (Å²) in [6.45, 7) is 3.32. The molecular formula is C24H25F2N3O3. The molecule has 8 heteroatoms. The van der Waals surface area contributed by atoms with E-state index < -0.39 is 11.6 Å². The average molecular weight is 441 g/mol. The highest BCUT2D eigenvalue weighted by atomic mass is 19.1. The zero-order valence-electron chi connectivity index (χ0n) is 17.8. The molecule has 0 aliphatic carbocycles. The van der Waals surface area contributed by atoms with E-state index in [0.29, 0.717) is 12.5 Å². The molecular weight excluding hydrogens is 416 g/mol. The van der Waals surface area contributed by atoms with Crippen LogP contribution in [0.5, 0.6) is 5.75 Å². The van der Waals surface area contributed by atoms with Crippen molar-refractivity contribution in [1.82, 2.24) is 15.4 Å². The van der Waals surface area contributed by atoms with Gasteiger partial charge in [0.2, 0.25) is 0 Å². The number of rotatable bonds is 7. The van der Waals surface area contributed by atoms with Gasteiger partial charge in [-0.3, -0.25) is 9.69 Å². The molecule has 3 aromatic rings. The summed E-state index contributed by atoms with van der Waals surface area (Å²) in [6.07, 6.45) is 1.96. The number of piperidine rings is 1. The Balaban J connectivity index is 1.25. The van der Waals surface area contributed by atoms with Crippen LogP contribution in [0.1, 0.15) is 28.9 Å². The smallest absolute Gasteiger partial charge is 0.273 e. The molecule has 2 aromatic carbocycles. The number of benzene rings is 2. The second kappa shape index (κ2) is 9.91. The SMILES string of the molecule is COc1cccc(CN2CCC(CNC(=O)c3cc(-c4ccc(F)cc4F)on3)CC2)c1. The van der Waals surface area contributed by atoms with Crippen LogP contribution >= 0.6 is 0 Å². The summed E-state index contributed by atoms with van der Waals surface area (Å²) in [7, 11) is 1.67. The highest BCUT2D eigenvalue weighted by Gasteiger charge is 2.21. The minimum Gasteiger partial charge on any atom is -0.497 e. The van der Waals surface area contributed by atoms with E-state index in [2.05, 4.69) is 27.5 Å². The Hall–Kier alpha value is -3.26. The highest BCUT2D eigenvalue weighted by Crippen LogP contribution is 2.24. The van der Waals surface area contributed by atoms with Crippen molar-refractivity contribution in [3.8, 4) is 17.1 Å². The zero-order chi connectivity index (χ0) is 22.5. The lowest BCUT2D eigenvalue weighted by atomic mass is 9.96. The summed E-state index contributed by atoms with van der Waals surface area (Å²) in [5.74, 6) is -0.508. The van der Waals surface area contributed by atoms with E-state index in [1.165, 1.54) is 17.7 Å². The van der Waals surface area contributed by atoms with Gasteiger partial charge in [0.1, 0.15) is 17.4 Å². The third-order valence-corrected chi connectivity index (χ3v) is 5.74. The molecule has 0 saturated carbocycles. The predicted octanol–water partition coefficient (Wildman–Crippen LogP) is 4.27. The van der Waals surface area contributed by atoms with Gasteiger partial charge in [0, 0.05) is 25.2 Å². The molecule has 2 heterocycles. The minimum absolute atomic E-state index is 0.0568. The fourth-order valence-electron chi connectivity index (χ4n) is 3.90. The van der Waals surface area contributed by atoms with Crippen LogP contribution in [0.15, 0.2) is 53.1 Å². The maximum Gasteiger partial charge on any atom is 0.273 e. The number of hydrogen-bond acceptors (Lipinski definition) is 5. The van der Waals surface area contributed by atoms with Gasteiger partial charge in [-0.1, -0.05) is 17.3 Å². The van der Waals surface area contributed by atoms with Crippen LogP contribution in [0, 0.1) is 17.6 Å². The number of carbonyl (C=O) groups excluding carboxylic acids is 1. The molecule has 1 amide bonds. The molecule has 0 atom stereocenters. The maximum absolute atomic E-state index is 13.9. The maximum atomic E-state index is 13.9. The Kier molecular flexibility index (Phi) is 6.80. The van der Waals surface area contributed by atoms with Gasteiger partial charge in [-0.25, -0.2) is 8.78 Å². The normalized spacial score (nSPS) is 15.0. The third kappa shape index (κ3) is 5.31. The first-order valence-electron chi connectivity index (χ1n) is 10.6. The van der Waals surface area contributed by atoms with Crippen molar-refractivity contribution in [1.29, 1.82) is 0 Å². The lowest BCUT2D eigenvalue weighted by molar-refractivity contribution is 0.0926. The van der Waals surface area contributed by atoms with Crippen molar-refractivity contribution in [2.45, 2.75) is 19.4 Å². The zero-order valence-corrected chi connectivity index (χ0v) is 17.8. The number of methoxy groups -OCH3 is 1. The molecule has 6 nitrogen and oxygen atoms in total. The number of carbonyl (C=O) groups is 1. The van der Waals surface area contributed by atoms with Crippen molar-refractivity contribution in [2.75, 3.05) is 26.7 Å². The van der Waals surface area contributed by atoms with Crippen LogP contribution in [-0.2, 0) is 6.54 Å². The van der Waals surface area contributed by atoms with E-state index >= 15 is 0 Å². The largest absolute Gasteiger partial charge is 0.497 e. The Morgan fingerprint density at radius 1 is 1.19 bits per heavy atom. The summed E-state index contributed by atoms with van der Waals surface area (Å²) in [6, 6.07) is 12.6. The van der Waals surface area contributed by atoms with E-state index in [1.807, 2.05) is 12.1 Å². The number of hydrogen-bond donors (Lipinski definition) is 1. The molecule has 1 fully saturated rings. The molecule has 4 rings (SSSR count). The Morgan fingerprint density at radius 3 is 2.75 bits per heavy atom. The number of nitrogens with zero attached hydrogens (tertiary/aromatic N) is 2. The first-order valence-corrected chi connectivity index (χ1v) is 10.6. The number of amides is 1. The topological polar surface area (TPSA) is 67.6 Å². The summed E-state index contributed by atoms with van der Waals surface area (Å²) in [5, 5.41) is 6.61. The Labute approximate surface area is 185 Å². The number of nitrogens with one attached hydrogen (secondary N) is 1. The number of aromatic nitrogens is 1. The van der Waals surface area contributed by atoms with Gasteiger partial charge in [0.05, 0.1) is 12.7 Å². The number of likely N-dealkylation sites (tertiary alicyclic amines) is 1. The third-order valence-electron chi connectivity index (χ3n) is 5.74. The van der Waals surface area contributed by atoms with Gasteiger partial charge in [0.25, 0.3) is 5.91 Å². The summed E-state index contributed by atoms with van der Waals surface area (Å²) in [4.78, 5) is 14.8. The van der Waals surface area contributed by atoms with Crippen molar-refractivity contribution in [3.05, 3.63) is 71.4 Å². The molecule has 1 aliphatic rings. The molecule has 1 aliphatic heterocycles. The molecule has 0 unspecified atom stereocenters. The van der Waals surface area contributed by atoms with E-state index in [-0.39, 0.29) is 22.9 Å². The van der Waals surface area contributed by atoms with Crippen LogP contribution in [0.3, 0.4) is 0 Å². The van der Waals surface area contributed by atoms with Crippen molar-refractivity contribution >= 4 is 5.91 Å². The fourth-order valence-corrected chi connectivity index (χ4v) is 3.90. The Morgan fingerprint density at radius 2 is 2.00 bits per heavy atom. The fraction of sp³-hybridized carbons (Fsp3) is 0.333. The van der Waals surface area contributed by atoms with E-state index in [9.17, 15) is 13.6 Å². The first kappa shape index (κ1) is 22.0. The highest BCUT2D eigenvalue weighted by molar-refractivity contribution is 5.93.